The summed E-state index contributed by atoms with van der Waals surface area (Å²) in [5, 5.41) is 7.79. The Hall–Kier alpha value is -2.92. The fraction of sp³-hybridized carbons (Fsp3) is 0.217. The van der Waals surface area contributed by atoms with Crippen molar-refractivity contribution in [3.63, 3.8) is 0 Å². The van der Waals surface area contributed by atoms with E-state index in [1.807, 2.05) is 80.7 Å². The molecule has 144 valence electrons. The third kappa shape index (κ3) is 4.87. The molecule has 0 spiro atoms. The quantitative estimate of drug-likeness (QED) is 0.602. The molecule has 0 radical (unpaired) electrons. The first-order valence-electron chi connectivity index (χ1n) is 9.26. The van der Waals surface area contributed by atoms with Crippen LogP contribution in [0.15, 0.2) is 60.0 Å². The Kier molecular flexibility index (Phi) is 6.26. The lowest BCUT2D eigenvalue weighted by Crippen LogP contribution is -2.22. The van der Waals surface area contributed by atoms with Crippen molar-refractivity contribution < 1.29 is 9.59 Å². The first-order valence-corrected chi connectivity index (χ1v) is 10.1. The van der Waals surface area contributed by atoms with Crippen LogP contribution in [0.25, 0.3) is 11.1 Å². The number of aryl methyl sites for hydroxylation is 1. The smallest absolute Gasteiger partial charge is 0.262 e. The molecule has 1 heterocycles. The summed E-state index contributed by atoms with van der Waals surface area (Å²) in [6, 6.07) is 17.7. The Labute approximate surface area is 169 Å². The molecular weight excluding hydrogens is 368 g/mol. The summed E-state index contributed by atoms with van der Waals surface area (Å²) in [6.07, 6.45) is 0. The van der Waals surface area contributed by atoms with E-state index in [2.05, 4.69) is 10.6 Å². The van der Waals surface area contributed by atoms with Crippen molar-refractivity contribution in [2.45, 2.75) is 27.3 Å². The molecule has 0 unspecified atom stereocenters. The Balaban J connectivity index is 1.63. The summed E-state index contributed by atoms with van der Waals surface area (Å²) in [4.78, 5) is 25.1. The molecule has 0 saturated heterocycles. The first kappa shape index (κ1) is 19.8. The van der Waals surface area contributed by atoms with Crippen LogP contribution in [0.3, 0.4) is 0 Å². The number of rotatable bonds is 6. The zero-order valence-electron chi connectivity index (χ0n) is 16.3. The molecule has 0 aliphatic rings. The minimum Gasteiger partial charge on any atom is -0.347 e. The van der Waals surface area contributed by atoms with E-state index < -0.39 is 0 Å². The highest BCUT2D eigenvalue weighted by Gasteiger charge is 2.14. The van der Waals surface area contributed by atoms with Gasteiger partial charge < -0.3 is 10.6 Å². The maximum Gasteiger partial charge on any atom is 0.262 e. The maximum absolute atomic E-state index is 12.7. The predicted molar refractivity (Wildman–Crippen MR) is 116 cm³/mol. The van der Waals surface area contributed by atoms with Gasteiger partial charge in [0.25, 0.3) is 5.91 Å². The van der Waals surface area contributed by atoms with Gasteiger partial charge in [0.05, 0.1) is 4.88 Å². The Morgan fingerprint density at radius 2 is 1.64 bits per heavy atom. The SMILES string of the molecule is Cc1ccc(-c2ccsc2C(=O)NCc2ccc(NC(=O)C(C)C)cc2)cc1. The summed E-state index contributed by atoms with van der Waals surface area (Å²) in [6.45, 7) is 6.19. The van der Waals surface area contributed by atoms with Crippen LogP contribution < -0.4 is 10.6 Å². The lowest BCUT2D eigenvalue weighted by Gasteiger charge is -2.09. The fourth-order valence-corrected chi connectivity index (χ4v) is 3.53. The van der Waals surface area contributed by atoms with Gasteiger partial charge in [-0.25, -0.2) is 0 Å². The number of carbonyl (C=O) groups excluding carboxylic acids is 2. The highest BCUT2D eigenvalue weighted by molar-refractivity contribution is 7.12. The second-order valence-corrected chi connectivity index (χ2v) is 7.97. The molecule has 2 aromatic carbocycles. The molecule has 3 aromatic rings. The molecule has 3 rings (SSSR count). The highest BCUT2D eigenvalue weighted by Crippen LogP contribution is 2.28. The molecule has 0 bridgehead atoms. The molecule has 1 aromatic heterocycles. The number of benzene rings is 2. The van der Waals surface area contributed by atoms with Crippen molar-refractivity contribution >= 4 is 28.8 Å². The number of nitrogens with one attached hydrogen (secondary N) is 2. The second kappa shape index (κ2) is 8.85. The summed E-state index contributed by atoms with van der Waals surface area (Å²) < 4.78 is 0. The molecule has 0 fully saturated rings. The monoisotopic (exact) mass is 392 g/mol. The number of amides is 2. The standard InChI is InChI=1S/C23H24N2O2S/c1-15(2)22(26)25-19-10-6-17(7-11-19)14-24-23(27)21-20(12-13-28-21)18-8-4-16(3)5-9-18/h4-13,15H,14H2,1-3H3,(H,24,27)(H,25,26). The second-order valence-electron chi connectivity index (χ2n) is 7.05. The first-order chi connectivity index (χ1) is 13.4. The highest BCUT2D eigenvalue weighted by atomic mass is 32.1. The van der Waals surface area contributed by atoms with Crippen molar-refractivity contribution in [3.05, 3.63) is 76.0 Å². The van der Waals surface area contributed by atoms with Crippen LogP contribution >= 0.6 is 11.3 Å². The average Bonchev–Trinajstić information content (AvgIpc) is 3.17. The zero-order chi connectivity index (χ0) is 20.1. The third-order valence-corrected chi connectivity index (χ3v) is 5.35. The van der Waals surface area contributed by atoms with Crippen LogP contribution in [-0.2, 0) is 11.3 Å². The van der Waals surface area contributed by atoms with Gasteiger partial charge in [-0.3, -0.25) is 9.59 Å². The van der Waals surface area contributed by atoms with Crippen LogP contribution in [0, 0.1) is 12.8 Å². The Morgan fingerprint density at radius 3 is 2.29 bits per heavy atom. The number of carbonyl (C=O) groups is 2. The van der Waals surface area contributed by atoms with Crippen LogP contribution in [0.4, 0.5) is 5.69 Å². The molecule has 0 atom stereocenters. The molecule has 2 N–H and O–H groups in total. The van der Waals surface area contributed by atoms with Gasteiger partial charge in [-0.05, 0) is 41.6 Å². The number of hydrogen-bond donors (Lipinski definition) is 2. The van der Waals surface area contributed by atoms with E-state index in [9.17, 15) is 9.59 Å². The van der Waals surface area contributed by atoms with Gasteiger partial charge in [-0.1, -0.05) is 55.8 Å². The lowest BCUT2D eigenvalue weighted by atomic mass is 10.0. The molecule has 4 nitrogen and oxygen atoms in total. The summed E-state index contributed by atoms with van der Waals surface area (Å²) >= 11 is 1.44. The van der Waals surface area contributed by atoms with Crippen LogP contribution in [0.5, 0.6) is 0 Å². The van der Waals surface area contributed by atoms with Crippen LogP contribution in [0.1, 0.15) is 34.6 Å². The Morgan fingerprint density at radius 1 is 0.964 bits per heavy atom. The molecule has 0 aliphatic heterocycles. The van der Waals surface area contributed by atoms with E-state index in [1.165, 1.54) is 16.9 Å². The topological polar surface area (TPSA) is 58.2 Å². The lowest BCUT2D eigenvalue weighted by molar-refractivity contribution is -0.118. The fourth-order valence-electron chi connectivity index (χ4n) is 2.70. The van der Waals surface area contributed by atoms with Crippen LogP contribution in [0.2, 0.25) is 0 Å². The predicted octanol–water partition coefficient (Wildman–Crippen LogP) is 5.25. The van der Waals surface area contributed by atoms with Gasteiger partial charge in [-0.15, -0.1) is 11.3 Å². The summed E-state index contributed by atoms with van der Waals surface area (Å²) in [7, 11) is 0. The molecule has 0 saturated carbocycles. The summed E-state index contributed by atoms with van der Waals surface area (Å²) in [5.74, 6) is -0.155. The van der Waals surface area contributed by atoms with E-state index in [4.69, 9.17) is 0 Å². The molecule has 2 amide bonds. The maximum atomic E-state index is 12.7. The molecule has 0 aliphatic carbocycles. The van der Waals surface area contributed by atoms with E-state index >= 15 is 0 Å². The number of thiophene rings is 1. The van der Waals surface area contributed by atoms with Gasteiger partial charge in [0.15, 0.2) is 0 Å². The van der Waals surface area contributed by atoms with Crippen molar-refractivity contribution in [2.75, 3.05) is 5.32 Å². The molecule has 5 heteroatoms. The van der Waals surface area contributed by atoms with E-state index in [0.717, 1.165) is 22.4 Å². The van der Waals surface area contributed by atoms with Crippen molar-refractivity contribution in [1.29, 1.82) is 0 Å². The van der Waals surface area contributed by atoms with Crippen molar-refractivity contribution in [3.8, 4) is 11.1 Å². The number of hydrogen-bond acceptors (Lipinski definition) is 3. The van der Waals surface area contributed by atoms with Gasteiger partial charge in [0.1, 0.15) is 0 Å². The van der Waals surface area contributed by atoms with Gasteiger partial charge in [0, 0.05) is 23.7 Å². The van der Waals surface area contributed by atoms with Gasteiger partial charge in [0.2, 0.25) is 5.91 Å². The number of anilines is 1. The minimum absolute atomic E-state index is 0.0117. The van der Waals surface area contributed by atoms with Crippen molar-refractivity contribution in [1.82, 2.24) is 5.32 Å². The summed E-state index contributed by atoms with van der Waals surface area (Å²) in [5.41, 5.74) is 4.92. The third-order valence-electron chi connectivity index (χ3n) is 4.43. The van der Waals surface area contributed by atoms with Gasteiger partial charge >= 0.3 is 0 Å². The van der Waals surface area contributed by atoms with E-state index in [-0.39, 0.29) is 17.7 Å². The van der Waals surface area contributed by atoms with Gasteiger partial charge in [-0.2, -0.15) is 0 Å². The average molecular weight is 393 g/mol. The largest absolute Gasteiger partial charge is 0.347 e. The Bertz CT molecular complexity index is 957. The zero-order valence-corrected chi connectivity index (χ0v) is 17.1. The van der Waals surface area contributed by atoms with Crippen LogP contribution in [-0.4, -0.2) is 11.8 Å². The van der Waals surface area contributed by atoms with Crippen molar-refractivity contribution in [2.24, 2.45) is 5.92 Å². The van der Waals surface area contributed by atoms with E-state index in [1.54, 1.807) is 0 Å². The minimum atomic E-state index is -0.0808. The van der Waals surface area contributed by atoms with E-state index in [0.29, 0.717) is 11.4 Å². The normalized spacial score (nSPS) is 10.7. The molecular formula is C23H24N2O2S. The molecule has 28 heavy (non-hydrogen) atoms.